The number of benzene rings is 2. The standard InChI is InChI=1S/C20H18F2N2O3S/c1-26-9-8-23-19(25)17-12-28-20(24-17)15-4-2-3-5-18(15)27-11-13-10-14(21)6-7-16(13)22/h2-7,10,12H,8-9,11H2,1H3,(H,23,25). The fraction of sp³-hybridized carbons (Fsp3) is 0.200. The Morgan fingerprint density at radius 2 is 2.04 bits per heavy atom. The molecule has 0 fully saturated rings. The van der Waals surface area contributed by atoms with Crippen molar-refractivity contribution >= 4 is 17.2 Å². The van der Waals surface area contributed by atoms with Gasteiger partial charge in [-0.2, -0.15) is 0 Å². The van der Waals surface area contributed by atoms with E-state index in [1.54, 1.807) is 30.7 Å². The van der Waals surface area contributed by atoms with Crippen LogP contribution in [0.25, 0.3) is 10.6 Å². The van der Waals surface area contributed by atoms with Crippen LogP contribution in [-0.4, -0.2) is 31.2 Å². The summed E-state index contributed by atoms with van der Waals surface area (Å²) in [5, 5.41) is 4.95. The van der Waals surface area contributed by atoms with E-state index in [1.165, 1.54) is 11.3 Å². The number of nitrogens with one attached hydrogen (secondary N) is 1. The van der Waals surface area contributed by atoms with Crippen LogP contribution in [0.4, 0.5) is 8.78 Å². The molecule has 0 atom stereocenters. The second-order valence-electron chi connectivity index (χ2n) is 5.81. The molecule has 0 saturated carbocycles. The largest absolute Gasteiger partial charge is 0.488 e. The smallest absolute Gasteiger partial charge is 0.270 e. The number of hydrogen-bond acceptors (Lipinski definition) is 5. The molecule has 3 rings (SSSR count). The summed E-state index contributed by atoms with van der Waals surface area (Å²) in [7, 11) is 1.56. The van der Waals surface area contributed by atoms with Gasteiger partial charge in [0.25, 0.3) is 5.91 Å². The summed E-state index contributed by atoms with van der Waals surface area (Å²) in [6.45, 7) is 0.674. The third-order valence-corrected chi connectivity index (χ3v) is 4.71. The van der Waals surface area contributed by atoms with Crippen LogP contribution in [-0.2, 0) is 11.3 Å². The van der Waals surface area contributed by atoms with Gasteiger partial charge in [-0.15, -0.1) is 11.3 Å². The number of amides is 1. The van der Waals surface area contributed by atoms with Gasteiger partial charge in [0.05, 0.1) is 12.2 Å². The first kappa shape index (κ1) is 19.9. The average Bonchev–Trinajstić information content (AvgIpc) is 3.19. The monoisotopic (exact) mass is 404 g/mol. The third kappa shape index (κ3) is 4.90. The second kappa shape index (κ2) is 9.38. The Bertz CT molecular complexity index is 962. The minimum Gasteiger partial charge on any atom is -0.488 e. The van der Waals surface area contributed by atoms with Crippen molar-refractivity contribution in [2.24, 2.45) is 0 Å². The first-order chi connectivity index (χ1) is 13.6. The number of carbonyl (C=O) groups is 1. The van der Waals surface area contributed by atoms with Crippen molar-refractivity contribution in [3.8, 4) is 16.3 Å². The maximum atomic E-state index is 13.8. The highest BCUT2D eigenvalue weighted by atomic mass is 32.1. The molecule has 1 N–H and O–H groups in total. The molecule has 0 bridgehead atoms. The van der Waals surface area contributed by atoms with Gasteiger partial charge in [0, 0.05) is 24.6 Å². The van der Waals surface area contributed by atoms with Gasteiger partial charge in [-0.1, -0.05) is 12.1 Å². The number of carbonyl (C=O) groups excluding carboxylic acids is 1. The molecule has 0 aliphatic rings. The Morgan fingerprint density at radius 1 is 1.21 bits per heavy atom. The summed E-state index contributed by atoms with van der Waals surface area (Å²) < 4.78 is 37.7. The zero-order valence-corrected chi connectivity index (χ0v) is 15.9. The molecule has 2 aromatic carbocycles. The number of halogens is 2. The molecule has 1 aromatic heterocycles. The Kier molecular flexibility index (Phi) is 6.67. The number of thiazole rings is 1. The van der Waals surface area contributed by atoms with Crippen LogP contribution in [0.2, 0.25) is 0 Å². The summed E-state index contributed by atoms with van der Waals surface area (Å²) in [5.74, 6) is -0.896. The zero-order valence-electron chi connectivity index (χ0n) is 15.1. The predicted octanol–water partition coefficient (Wildman–Crippen LogP) is 4.04. The number of methoxy groups -OCH3 is 1. The van der Waals surface area contributed by atoms with Crippen LogP contribution in [0.5, 0.6) is 5.75 Å². The van der Waals surface area contributed by atoms with Crippen LogP contribution >= 0.6 is 11.3 Å². The summed E-state index contributed by atoms with van der Waals surface area (Å²) in [4.78, 5) is 16.5. The van der Waals surface area contributed by atoms with Gasteiger partial charge in [0.2, 0.25) is 0 Å². The SMILES string of the molecule is COCCNC(=O)c1csc(-c2ccccc2OCc2cc(F)ccc2F)n1. The van der Waals surface area contributed by atoms with Gasteiger partial charge in [0.15, 0.2) is 0 Å². The Hall–Kier alpha value is -2.84. The van der Waals surface area contributed by atoms with Gasteiger partial charge in [-0.25, -0.2) is 13.8 Å². The van der Waals surface area contributed by atoms with E-state index in [0.717, 1.165) is 18.2 Å². The van der Waals surface area contributed by atoms with Crippen LogP contribution in [0.3, 0.4) is 0 Å². The number of hydrogen-bond donors (Lipinski definition) is 1. The van der Waals surface area contributed by atoms with Gasteiger partial charge >= 0.3 is 0 Å². The summed E-state index contributed by atoms with van der Waals surface area (Å²) in [5.41, 5.74) is 1.08. The van der Waals surface area contributed by atoms with Crippen LogP contribution in [0.1, 0.15) is 16.1 Å². The zero-order chi connectivity index (χ0) is 19.9. The normalized spacial score (nSPS) is 10.7. The maximum absolute atomic E-state index is 13.8. The lowest BCUT2D eigenvalue weighted by Crippen LogP contribution is -2.27. The van der Waals surface area contributed by atoms with E-state index in [-0.39, 0.29) is 18.1 Å². The fourth-order valence-electron chi connectivity index (χ4n) is 2.44. The van der Waals surface area contributed by atoms with Crippen molar-refractivity contribution in [3.05, 3.63) is 70.7 Å². The van der Waals surface area contributed by atoms with E-state index in [0.29, 0.717) is 35.2 Å². The van der Waals surface area contributed by atoms with Gasteiger partial charge in [0.1, 0.15) is 34.7 Å². The molecule has 146 valence electrons. The molecule has 28 heavy (non-hydrogen) atoms. The van der Waals surface area contributed by atoms with E-state index < -0.39 is 11.6 Å². The molecule has 8 heteroatoms. The molecule has 1 heterocycles. The molecular weight excluding hydrogens is 386 g/mol. The minimum atomic E-state index is -0.539. The van der Waals surface area contributed by atoms with Gasteiger partial charge < -0.3 is 14.8 Å². The van der Waals surface area contributed by atoms with E-state index in [1.807, 2.05) is 6.07 Å². The van der Waals surface area contributed by atoms with Crippen molar-refractivity contribution in [3.63, 3.8) is 0 Å². The highest BCUT2D eigenvalue weighted by molar-refractivity contribution is 7.13. The van der Waals surface area contributed by atoms with E-state index in [4.69, 9.17) is 9.47 Å². The Morgan fingerprint density at radius 3 is 2.86 bits per heavy atom. The second-order valence-corrected chi connectivity index (χ2v) is 6.67. The third-order valence-electron chi connectivity index (χ3n) is 3.84. The lowest BCUT2D eigenvalue weighted by molar-refractivity contribution is 0.0933. The van der Waals surface area contributed by atoms with Crippen molar-refractivity contribution < 1.29 is 23.0 Å². The summed E-state index contributed by atoms with van der Waals surface area (Å²) in [6, 6.07) is 10.3. The first-order valence-electron chi connectivity index (χ1n) is 8.47. The van der Waals surface area contributed by atoms with Crippen molar-refractivity contribution in [2.45, 2.75) is 6.61 Å². The number of ether oxygens (including phenoxy) is 2. The highest BCUT2D eigenvalue weighted by Gasteiger charge is 2.15. The van der Waals surface area contributed by atoms with E-state index in [2.05, 4.69) is 10.3 Å². The quantitative estimate of drug-likeness (QED) is 0.576. The number of nitrogens with zero attached hydrogens (tertiary/aromatic N) is 1. The average molecular weight is 404 g/mol. The lowest BCUT2D eigenvalue weighted by atomic mass is 10.2. The topological polar surface area (TPSA) is 60.5 Å². The molecule has 5 nitrogen and oxygen atoms in total. The molecule has 0 aliphatic carbocycles. The molecule has 0 aliphatic heterocycles. The molecule has 0 radical (unpaired) electrons. The summed E-state index contributed by atoms with van der Waals surface area (Å²) in [6.07, 6.45) is 0. The summed E-state index contributed by atoms with van der Waals surface area (Å²) >= 11 is 1.29. The predicted molar refractivity (Wildman–Crippen MR) is 102 cm³/mol. The van der Waals surface area contributed by atoms with Gasteiger partial charge in [-0.3, -0.25) is 4.79 Å². The lowest BCUT2D eigenvalue weighted by Gasteiger charge is -2.10. The molecule has 0 spiro atoms. The number of aromatic nitrogens is 1. The Balaban J connectivity index is 1.75. The van der Waals surface area contributed by atoms with E-state index >= 15 is 0 Å². The molecule has 1 amide bonds. The minimum absolute atomic E-state index is 0.118. The maximum Gasteiger partial charge on any atom is 0.270 e. The molecule has 0 saturated heterocycles. The van der Waals surface area contributed by atoms with Crippen molar-refractivity contribution in [2.75, 3.05) is 20.3 Å². The molecular formula is C20H18F2N2O3S. The van der Waals surface area contributed by atoms with E-state index in [9.17, 15) is 13.6 Å². The van der Waals surface area contributed by atoms with Gasteiger partial charge in [-0.05, 0) is 30.3 Å². The number of para-hydroxylation sites is 1. The van der Waals surface area contributed by atoms with Crippen LogP contribution in [0, 0.1) is 11.6 Å². The van der Waals surface area contributed by atoms with Crippen molar-refractivity contribution in [1.29, 1.82) is 0 Å². The number of rotatable bonds is 8. The van der Waals surface area contributed by atoms with Crippen LogP contribution in [0.15, 0.2) is 47.8 Å². The van der Waals surface area contributed by atoms with Crippen molar-refractivity contribution in [1.82, 2.24) is 10.3 Å². The highest BCUT2D eigenvalue weighted by Crippen LogP contribution is 2.32. The fourth-order valence-corrected chi connectivity index (χ4v) is 3.27. The molecule has 0 unspecified atom stereocenters. The first-order valence-corrected chi connectivity index (χ1v) is 9.35. The Labute approximate surface area is 164 Å². The van der Waals surface area contributed by atoms with Crippen LogP contribution < -0.4 is 10.1 Å². The molecule has 3 aromatic rings.